The van der Waals surface area contributed by atoms with E-state index in [1.807, 2.05) is 0 Å². The number of anilines is 1. The Morgan fingerprint density at radius 2 is 1.80 bits per heavy atom. The number of hydrogen-bond acceptors (Lipinski definition) is 6. The second kappa shape index (κ2) is 8.68. The van der Waals surface area contributed by atoms with Crippen LogP contribution in [0.15, 0.2) is 32.5 Å². The highest BCUT2D eigenvalue weighted by Gasteiger charge is 2.21. The molecule has 6 nitrogen and oxygen atoms in total. The topological polar surface area (TPSA) is 73.9 Å². The molecule has 1 heterocycles. The van der Waals surface area contributed by atoms with Crippen LogP contribution in [-0.4, -0.2) is 32.2 Å². The van der Waals surface area contributed by atoms with E-state index in [0.29, 0.717) is 22.1 Å². The lowest BCUT2D eigenvalue weighted by Crippen LogP contribution is -2.29. The number of rotatable bonds is 6. The first-order valence-corrected chi connectivity index (χ1v) is 9.44. The van der Waals surface area contributed by atoms with Crippen molar-refractivity contribution in [3.8, 4) is 11.5 Å². The third kappa shape index (κ3) is 4.96. The van der Waals surface area contributed by atoms with Gasteiger partial charge in [0.2, 0.25) is 0 Å². The molecule has 1 unspecified atom stereocenters. The molecule has 2 rings (SSSR count). The Morgan fingerprint density at radius 1 is 1.12 bits per heavy atom. The number of carbonyl (C=O) groups is 2. The van der Waals surface area contributed by atoms with E-state index in [1.165, 1.54) is 32.5 Å². The Hall–Kier alpha value is -1.58. The van der Waals surface area contributed by atoms with E-state index in [9.17, 15) is 9.59 Å². The Kier molecular flexibility index (Phi) is 6.86. The summed E-state index contributed by atoms with van der Waals surface area (Å²) in [6.07, 6.45) is -0.958. The molecule has 2 aromatic rings. The van der Waals surface area contributed by atoms with E-state index in [2.05, 4.69) is 37.2 Å². The van der Waals surface area contributed by atoms with Gasteiger partial charge in [0.25, 0.3) is 5.91 Å². The zero-order valence-electron chi connectivity index (χ0n) is 13.6. The first kappa shape index (κ1) is 19.7. The molecule has 0 aliphatic carbocycles. The average molecular weight is 493 g/mol. The molecule has 0 spiro atoms. The van der Waals surface area contributed by atoms with Crippen LogP contribution >= 0.6 is 43.2 Å². The van der Waals surface area contributed by atoms with Gasteiger partial charge in [0.1, 0.15) is 4.88 Å². The van der Waals surface area contributed by atoms with Crippen LogP contribution in [0, 0.1) is 0 Å². The van der Waals surface area contributed by atoms with E-state index in [0.717, 1.165) is 8.26 Å². The zero-order chi connectivity index (χ0) is 18.6. The molecule has 0 saturated carbocycles. The van der Waals surface area contributed by atoms with Crippen LogP contribution in [-0.2, 0) is 9.53 Å². The molecule has 1 N–H and O–H groups in total. The number of amides is 1. The predicted molar refractivity (Wildman–Crippen MR) is 103 cm³/mol. The molecule has 1 atom stereocenters. The van der Waals surface area contributed by atoms with Gasteiger partial charge in [-0.25, -0.2) is 4.79 Å². The number of carbonyl (C=O) groups excluding carboxylic acids is 2. The predicted octanol–water partition coefficient (Wildman–Crippen LogP) is 4.47. The summed E-state index contributed by atoms with van der Waals surface area (Å²) in [6.45, 7) is 1.51. The number of benzene rings is 1. The Labute approximate surface area is 165 Å². The van der Waals surface area contributed by atoms with Crippen molar-refractivity contribution >= 4 is 60.8 Å². The number of ether oxygens (including phenoxy) is 3. The fourth-order valence-corrected chi connectivity index (χ4v) is 3.80. The van der Waals surface area contributed by atoms with Crippen molar-refractivity contribution in [3.63, 3.8) is 0 Å². The molecule has 0 radical (unpaired) electrons. The van der Waals surface area contributed by atoms with Crippen LogP contribution < -0.4 is 14.8 Å². The van der Waals surface area contributed by atoms with Gasteiger partial charge < -0.3 is 19.5 Å². The maximum Gasteiger partial charge on any atom is 0.349 e. The summed E-state index contributed by atoms with van der Waals surface area (Å²) in [5.74, 6) is 0.0219. The van der Waals surface area contributed by atoms with Gasteiger partial charge in [-0.2, -0.15) is 0 Å². The van der Waals surface area contributed by atoms with Gasteiger partial charge in [0.15, 0.2) is 17.6 Å². The molecule has 0 saturated heterocycles. The fraction of sp³-hybridized carbons (Fsp3) is 0.250. The van der Waals surface area contributed by atoms with Crippen LogP contribution in [0.2, 0.25) is 0 Å². The first-order valence-electron chi connectivity index (χ1n) is 7.04. The summed E-state index contributed by atoms with van der Waals surface area (Å²) in [4.78, 5) is 24.7. The van der Waals surface area contributed by atoms with Crippen molar-refractivity contribution in [2.75, 3.05) is 19.5 Å². The number of esters is 1. The first-order chi connectivity index (χ1) is 11.8. The zero-order valence-corrected chi connectivity index (χ0v) is 17.6. The fourth-order valence-electron chi connectivity index (χ4n) is 1.88. The number of hydrogen-bond donors (Lipinski definition) is 1. The highest BCUT2D eigenvalue weighted by molar-refractivity contribution is 9.13. The highest BCUT2D eigenvalue weighted by Crippen LogP contribution is 2.33. The van der Waals surface area contributed by atoms with Crippen molar-refractivity contribution in [2.24, 2.45) is 0 Å². The van der Waals surface area contributed by atoms with Gasteiger partial charge in [-0.1, -0.05) is 0 Å². The van der Waals surface area contributed by atoms with Crippen LogP contribution in [0.5, 0.6) is 11.5 Å². The monoisotopic (exact) mass is 491 g/mol. The maximum absolute atomic E-state index is 12.2. The van der Waals surface area contributed by atoms with Crippen molar-refractivity contribution in [1.82, 2.24) is 0 Å². The molecule has 0 bridgehead atoms. The quantitative estimate of drug-likeness (QED) is 0.602. The largest absolute Gasteiger partial charge is 0.493 e. The van der Waals surface area contributed by atoms with E-state index < -0.39 is 18.0 Å². The summed E-state index contributed by atoms with van der Waals surface area (Å²) in [5, 5.41) is 2.67. The maximum atomic E-state index is 12.2. The Balaban J connectivity index is 2.01. The molecule has 0 aliphatic heterocycles. The summed E-state index contributed by atoms with van der Waals surface area (Å²) in [5.41, 5.74) is 0.507. The SMILES string of the molecule is COc1ccc(NC(=O)C(C)OC(=O)c2cc(Br)c(Br)s2)cc1OC. The lowest BCUT2D eigenvalue weighted by molar-refractivity contribution is -0.123. The Morgan fingerprint density at radius 3 is 2.36 bits per heavy atom. The van der Waals surface area contributed by atoms with E-state index >= 15 is 0 Å². The molecule has 1 aromatic heterocycles. The molecule has 134 valence electrons. The van der Waals surface area contributed by atoms with Gasteiger partial charge in [-0.15, -0.1) is 11.3 Å². The second-order valence-corrected chi connectivity index (χ2v) is 8.06. The normalized spacial score (nSPS) is 11.6. The number of nitrogens with one attached hydrogen (secondary N) is 1. The Bertz CT molecular complexity index is 773. The summed E-state index contributed by atoms with van der Waals surface area (Å²) < 4.78 is 17.1. The van der Waals surface area contributed by atoms with Crippen LogP contribution in [0.4, 0.5) is 5.69 Å². The van der Waals surface area contributed by atoms with E-state index in [4.69, 9.17) is 14.2 Å². The van der Waals surface area contributed by atoms with Crippen molar-refractivity contribution < 1.29 is 23.8 Å². The smallest absolute Gasteiger partial charge is 0.349 e. The number of methoxy groups -OCH3 is 2. The van der Waals surface area contributed by atoms with E-state index in [-0.39, 0.29) is 0 Å². The summed E-state index contributed by atoms with van der Waals surface area (Å²) in [7, 11) is 3.03. The highest BCUT2D eigenvalue weighted by atomic mass is 79.9. The third-order valence-electron chi connectivity index (χ3n) is 3.15. The molecular weight excluding hydrogens is 478 g/mol. The average Bonchev–Trinajstić information content (AvgIpc) is 2.93. The van der Waals surface area contributed by atoms with Crippen LogP contribution in [0.1, 0.15) is 16.6 Å². The molecule has 1 amide bonds. The lowest BCUT2D eigenvalue weighted by atomic mass is 10.2. The number of thiophene rings is 1. The molecule has 0 aliphatic rings. The van der Waals surface area contributed by atoms with Gasteiger partial charge in [0, 0.05) is 16.2 Å². The van der Waals surface area contributed by atoms with Gasteiger partial charge in [0.05, 0.1) is 18.0 Å². The van der Waals surface area contributed by atoms with Gasteiger partial charge >= 0.3 is 5.97 Å². The third-order valence-corrected chi connectivity index (χ3v) is 6.39. The van der Waals surface area contributed by atoms with Crippen molar-refractivity contribution in [2.45, 2.75) is 13.0 Å². The summed E-state index contributed by atoms with van der Waals surface area (Å²) in [6, 6.07) is 6.60. The van der Waals surface area contributed by atoms with Crippen molar-refractivity contribution in [3.05, 3.63) is 37.4 Å². The van der Waals surface area contributed by atoms with Crippen LogP contribution in [0.3, 0.4) is 0 Å². The van der Waals surface area contributed by atoms with Crippen molar-refractivity contribution in [1.29, 1.82) is 0 Å². The molecule has 25 heavy (non-hydrogen) atoms. The van der Waals surface area contributed by atoms with Crippen LogP contribution in [0.25, 0.3) is 0 Å². The van der Waals surface area contributed by atoms with Gasteiger partial charge in [-0.3, -0.25) is 4.79 Å². The lowest BCUT2D eigenvalue weighted by Gasteiger charge is -2.14. The van der Waals surface area contributed by atoms with E-state index in [1.54, 1.807) is 24.3 Å². The minimum absolute atomic E-state index is 0.393. The molecule has 0 fully saturated rings. The number of halogens is 2. The molecular formula is C16H15Br2NO5S. The minimum Gasteiger partial charge on any atom is -0.493 e. The second-order valence-electron chi connectivity index (χ2n) is 4.84. The minimum atomic E-state index is -0.958. The molecule has 1 aromatic carbocycles. The standard InChI is InChI=1S/C16H15Br2NO5S/c1-8(24-16(21)13-7-10(17)14(18)25-13)15(20)19-9-4-5-11(22-2)12(6-9)23-3/h4-8H,1-3H3,(H,19,20). The molecule has 9 heteroatoms. The summed E-state index contributed by atoms with van der Waals surface area (Å²) >= 11 is 7.84. The van der Waals surface area contributed by atoms with Gasteiger partial charge in [-0.05, 0) is 57.0 Å².